The lowest BCUT2D eigenvalue weighted by Gasteiger charge is -2.21. The Kier molecular flexibility index (Phi) is 4.04. The molecule has 0 bridgehead atoms. The van der Waals surface area contributed by atoms with Gasteiger partial charge in [-0.25, -0.2) is 0 Å². The Morgan fingerprint density at radius 1 is 1.50 bits per heavy atom. The highest BCUT2D eigenvalue weighted by Gasteiger charge is 2.21. The van der Waals surface area contributed by atoms with Crippen LogP contribution in [-0.4, -0.2) is 32.5 Å². The van der Waals surface area contributed by atoms with Crippen LogP contribution < -0.4 is 5.32 Å². The third-order valence-electron chi connectivity index (χ3n) is 1.72. The lowest BCUT2D eigenvalue weighted by Crippen LogP contribution is -2.39. The normalized spacial score (nSPS) is 19.1. The maximum absolute atomic E-state index is 11.3. The number of nitrogens with one attached hydrogen (secondary N) is 1. The van der Waals surface area contributed by atoms with Crippen molar-refractivity contribution in [2.24, 2.45) is 5.92 Å². The zero-order chi connectivity index (χ0) is 8.81. The Morgan fingerprint density at radius 3 is 2.75 bits per heavy atom. The zero-order valence-corrected chi connectivity index (χ0v) is 7.34. The molecule has 1 amide bonds. The van der Waals surface area contributed by atoms with Crippen LogP contribution in [-0.2, 0) is 14.3 Å². The van der Waals surface area contributed by atoms with E-state index in [-0.39, 0.29) is 11.8 Å². The second kappa shape index (κ2) is 5.11. The predicted octanol–water partition coefficient (Wildman–Crippen LogP) is 0.133. The first kappa shape index (κ1) is 9.48. The third kappa shape index (κ3) is 2.79. The van der Waals surface area contributed by atoms with E-state index in [1.165, 1.54) is 0 Å². The molecular weight excluding hydrogens is 158 g/mol. The van der Waals surface area contributed by atoms with Crippen molar-refractivity contribution in [1.82, 2.24) is 5.32 Å². The summed E-state index contributed by atoms with van der Waals surface area (Å²) in [6, 6.07) is 0. The van der Waals surface area contributed by atoms with Gasteiger partial charge in [-0.05, 0) is 6.42 Å². The quantitative estimate of drug-likeness (QED) is 0.660. The molecule has 0 atom stereocenters. The molecule has 0 unspecified atom stereocenters. The van der Waals surface area contributed by atoms with Gasteiger partial charge < -0.3 is 14.8 Å². The van der Waals surface area contributed by atoms with Gasteiger partial charge in [-0.2, -0.15) is 0 Å². The molecule has 4 nitrogen and oxygen atoms in total. The fourth-order valence-corrected chi connectivity index (χ4v) is 1.03. The average Bonchev–Trinajstić information content (AvgIpc) is 2.15. The lowest BCUT2D eigenvalue weighted by atomic mass is 10.1. The van der Waals surface area contributed by atoms with Gasteiger partial charge in [-0.3, -0.25) is 4.79 Å². The van der Waals surface area contributed by atoms with E-state index in [9.17, 15) is 4.79 Å². The van der Waals surface area contributed by atoms with E-state index < -0.39 is 0 Å². The summed E-state index contributed by atoms with van der Waals surface area (Å²) in [5, 5.41) is 2.80. The minimum absolute atomic E-state index is 0.0385. The molecule has 1 heterocycles. The molecule has 4 heteroatoms. The van der Waals surface area contributed by atoms with Crippen molar-refractivity contribution in [2.45, 2.75) is 13.3 Å². The first-order valence-electron chi connectivity index (χ1n) is 4.27. The molecule has 0 spiro atoms. The van der Waals surface area contributed by atoms with Gasteiger partial charge in [-0.15, -0.1) is 0 Å². The first-order valence-corrected chi connectivity index (χ1v) is 4.27. The molecule has 70 valence electrons. The molecular formula is C8H15NO3. The Balaban J connectivity index is 2.20. The molecule has 0 saturated carbocycles. The predicted molar refractivity (Wildman–Crippen MR) is 43.6 cm³/mol. The van der Waals surface area contributed by atoms with Gasteiger partial charge in [0.15, 0.2) is 0 Å². The number of carbonyl (C=O) groups excluding carboxylic acids is 1. The van der Waals surface area contributed by atoms with Crippen LogP contribution in [0.5, 0.6) is 0 Å². The maximum Gasteiger partial charge on any atom is 0.227 e. The largest absolute Gasteiger partial charge is 0.356 e. The van der Waals surface area contributed by atoms with Crippen LogP contribution in [0.3, 0.4) is 0 Å². The first-order chi connectivity index (χ1) is 5.84. The van der Waals surface area contributed by atoms with Gasteiger partial charge in [0.2, 0.25) is 5.91 Å². The topological polar surface area (TPSA) is 47.6 Å². The monoisotopic (exact) mass is 173 g/mol. The number of carbonyl (C=O) groups is 1. The zero-order valence-electron chi connectivity index (χ0n) is 7.34. The molecule has 1 fully saturated rings. The molecule has 1 aliphatic heterocycles. The number of hydrogen-bond acceptors (Lipinski definition) is 3. The molecule has 12 heavy (non-hydrogen) atoms. The highest BCUT2D eigenvalue weighted by Crippen LogP contribution is 2.04. The van der Waals surface area contributed by atoms with Crippen molar-refractivity contribution in [3.63, 3.8) is 0 Å². The van der Waals surface area contributed by atoms with E-state index in [0.717, 1.165) is 13.0 Å². The second-order valence-corrected chi connectivity index (χ2v) is 2.85. The van der Waals surface area contributed by atoms with E-state index in [4.69, 9.17) is 9.47 Å². The second-order valence-electron chi connectivity index (χ2n) is 2.85. The number of hydrogen-bond donors (Lipinski definition) is 1. The molecule has 0 aliphatic carbocycles. The molecule has 1 saturated heterocycles. The summed E-state index contributed by atoms with van der Waals surface area (Å²) in [7, 11) is 0. The van der Waals surface area contributed by atoms with Crippen LogP contribution in [0.25, 0.3) is 0 Å². The molecule has 1 N–H and O–H groups in total. The van der Waals surface area contributed by atoms with Gasteiger partial charge >= 0.3 is 0 Å². The molecule has 0 aromatic carbocycles. The summed E-state index contributed by atoms with van der Waals surface area (Å²) in [5.74, 6) is -0.0816. The van der Waals surface area contributed by atoms with E-state index in [1.54, 1.807) is 0 Å². The SMILES string of the molecule is CCCNC(=O)C1COCOC1. The minimum Gasteiger partial charge on any atom is -0.356 e. The Morgan fingerprint density at radius 2 is 2.17 bits per heavy atom. The van der Waals surface area contributed by atoms with Gasteiger partial charge in [-0.1, -0.05) is 6.92 Å². The molecule has 1 rings (SSSR count). The summed E-state index contributed by atoms with van der Waals surface area (Å²) in [6.07, 6.45) is 0.959. The number of rotatable bonds is 3. The van der Waals surface area contributed by atoms with Crippen molar-refractivity contribution < 1.29 is 14.3 Å². The molecule has 1 aliphatic rings. The Labute approximate surface area is 72.2 Å². The molecule has 0 radical (unpaired) electrons. The van der Waals surface area contributed by atoms with Gasteiger partial charge in [0.1, 0.15) is 6.79 Å². The van der Waals surface area contributed by atoms with Crippen LogP contribution in [0.15, 0.2) is 0 Å². The van der Waals surface area contributed by atoms with E-state index in [2.05, 4.69) is 5.32 Å². The van der Waals surface area contributed by atoms with Crippen LogP contribution in [0.1, 0.15) is 13.3 Å². The van der Waals surface area contributed by atoms with Gasteiger partial charge in [0.25, 0.3) is 0 Å². The smallest absolute Gasteiger partial charge is 0.227 e. The van der Waals surface area contributed by atoms with Gasteiger partial charge in [0.05, 0.1) is 19.1 Å². The van der Waals surface area contributed by atoms with Crippen LogP contribution in [0, 0.1) is 5.92 Å². The minimum atomic E-state index is -0.120. The highest BCUT2D eigenvalue weighted by atomic mass is 16.7. The standard InChI is InChI=1S/C8H15NO3/c1-2-3-9-8(10)7-4-11-6-12-5-7/h7H,2-6H2,1H3,(H,9,10). The average molecular weight is 173 g/mol. The van der Waals surface area contributed by atoms with Gasteiger partial charge in [0, 0.05) is 6.54 Å². The number of ether oxygens (including phenoxy) is 2. The van der Waals surface area contributed by atoms with Crippen LogP contribution >= 0.6 is 0 Å². The molecule has 0 aromatic heterocycles. The summed E-state index contributed by atoms with van der Waals surface area (Å²) < 4.78 is 10.0. The van der Waals surface area contributed by atoms with E-state index in [0.29, 0.717) is 20.0 Å². The van der Waals surface area contributed by atoms with Crippen molar-refractivity contribution in [3.8, 4) is 0 Å². The third-order valence-corrected chi connectivity index (χ3v) is 1.72. The van der Waals surface area contributed by atoms with Crippen molar-refractivity contribution in [1.29, 1.82) is 0 Å². The highest BCUT2D eigenvalue weighted by molar-refractivity contribution is 5.78. The molecule has 0 aromatic rings. The summed E-state index contributed by atoms with van der Waals surface area (Å²) in [4.78, 5) is 11.3. The van der Waals surface area contributed by atoms with E-state index in [1.807, 2.05) is 6.92 Å². The number of amides is 1. The maximum atomic E-state index is 11.3. The van der Waals surface area contributed by atoms with Crippen LogP contribution in [0.2, 0.25) is 0 Å². The van der Waals surface area contributed by atoms with Crippen molar-refractivity contribution >= 4 is 5.91 Å². The Bertz CT molecular complexity index is 143. The van der Waals surface area contributed by atoms with Crippen molar-refractivity contribution in [3.05, 3.63) is 0 Å². The van der Waals surface area contributed by atoms with E-state index >= 15 is 0 Å². The summed E-state index contributed by atoms with van der Waals surface area (Å²) >= 11 is 0. The fraction of sp³-hybridized carbons (Fsp3) is 0.875. The van der Waals surface area contributed by atoms with Crippen LogP contribution in [0.4, 0.5) is 0 Å². The fourth-order valence-electron chi connectivity index (χ4n) is 1.03. The summed E-state index contributed by atoms with van der Waals surface area (Å²) in [6.45, 7) is 4.03. The summed E-state index contributed by atoms with van der Waals surface area (Å²) in [5.41, 5.74) is 0. The Hall–Kier alpha value is -0.610. The lowest BCUT2D eigenvalue weighted by molar-refractivity contribution is -0.151. The van der Waals surface area contributed by atoms with Crippen molar-refractivity contribution in [2.75, 3.05) is 26.6 Å².